The molecular weight excluding hydrogens is 268 g/mol. The van der Waals surface area contributed by atoms with Crippen molar-refractivity contribution in [1.29, 1.82) is 0 Å². The van der Waals surface area contributed by atoms with Crippen molar-refractivity contribution in [2.45, 2.75) is 39.3 Å². The summed E-state index contributed by atoms with van der Waals surface area (Å²) in [7, 11) is 0. The van der Waals surface area contributed by atoms with Crippen LogP contribution in [0.3, 0.4) is 0 Å². The zero-order valence-corrected chi connectivity index (χ0v) is 12.1. The average molecular weight is 290 g/mol. The summed E-state index contributed by atoms with van der Waals surface area (Å²) in [4.78, 5) is 31.5. The molecule has 1 amide bonds. The average Bonchev–Trinajstić information content (AvgIpc) is 2.57. The van der Waals surface area contributed by atoms with Crippen molar-refractivity contribution >= 4 is 18.0 Å². The Kier molecular flexibility index (Phi) is 6.44. The summed E-state index contributed by atoms with van der Waals surface area (Å²) in [6, 6.07) is 0.0857. The van der Waals surface area contributed by atoms with E-state index < -0.39 is 17.5 Å². The van der Waals surface area contributed by atoms with Gasteiger partial charge in [0.25, 0.3) is 0 Å². The predicted molar refractivity (Wildman–Crippen MR) is 70.2 cm³/mol. The maximum Gasteiger partial charge on any atom is 0.414 e. The Hall–Kier alpha value is -1.83. The highest BCUT2D eigenvalue weighted by molar-refractivity contribution is 6.27. The largest absolute Gasteiger partial charge is 0.473 e. The van der Waals surface area contributed by atoms with E-state index >= 15 is 0 Å². The highest BCUT2D eigenvalue weighted by Crippen LogP contribution is 2.17. The molecule has 1 fully saturated rings. The molecule has 1 rings (SSSR count). The highest BCUT2D eigenvalue weighted by atomic mass is 16.6. The standard InChI is InChI=1S/C10H20N2O2.C2H2O4/c1-7-5-12(6-8(7)11)9(13)14-10(2,3)4;3-1(4)2(5)6/h7-8H,5-6,11H2,1-4H3;(H,3,4)(H,5,6)/t7-,8+;/m1./s1. The third-order valence-corrected chi connectivity index (χ3v) is 2.51. The van der Waals surface area contributed by atoms with Gasteiger partial charge in [-0.15, -0.1) is 0 Å². The van der Waals surface area contributed by atoms with E-state index in [4.69, 9.17) is 30.3 Å². The third kappa shape index (κ3) is 6.93. The lowest BCUT2D eigenvalue weighted by molar-refractivity contribution is -0.159. The zero-order valence-electron chi connectivity index (χ0n) is 12.1. The first-order valence-corrected chi connectivity index (χ1v) is 6.13. The van der Waals surface area contributed by atoms with Gasteiger partial charge < -0.3 is 25.6 Å². The summed E-state index contributed by atoms with van der Waals surface area (Å²) in [5, 5.41) is 14.8. The number of amides is 1. The van der Waals surface area contributed by atoms with Gasteiger partial charge in [-0.1, -0.05) is 6.92 Å². The van der Waals surface area contributed by atoms with E-state index in [1.165, 1.54) is 0 Å². The number of carbonyl (C=O) groups is 3. The predicted octanol–water partition coefficient (Wildman–Crippen LogP) is 0.356. The van der Waals surface area contributed by atoms with Gasteiger partial charge in [-0.05, 0) is 26.7 Å². The van der Waals surface area contributed by atoms with Crippen LogP contribution in [0.25, 0.3) is 0 Å². The molecule has 116 valence electrons. The Morgan fingerprint density at radius 3 is 1.85 bits per heavy atom. The van der Waals surface area contributed by atoms with Gasteiger partial charge in [0.2, 0.25) is 0 Å². The highest BCUT2D eigenvalue weighted by Gasteiger charge is 2.32. The number of likely N-dealkylation sites (tertiary alicyclic amines) is 1. The van der Waals surface area contributed by atoms with Crippen LogP contribution >= 0.6 is 0 Å². The fraction of sp³-hybridized carbons (Fsp3) is 0.750. The van der Waals surface area contributed by atoms with Crippen LogP contribution in [0.2, 0.25) is 0 Å². The minimum Gasteiger partial charge on any atom is -0.473 e. The number of hydrogen-bond donors (Lipinski definition) is 3. The van der Waals surface area contributed by atoms with Gasteiger partial charge in [-0.25, -0.2) is 14.4 Å². The molecule has 0 spiro atoms. The van der Waals surface area contributed by atoms with Gasteiger partial charge in [0.1, 0.15) is 5.60 Å². The fourth-order valence-electron chi connectivity index (χ4n) is 1.47. The molecular formula is C12H22N2O6. The molecule has 2 atom stereocenters. The zero-order chi connectivity index (χ0) is 16.1. The van der Waals surface area contributed by atoms with Crippen LogP contribution in [0.5, 0.6) is 0 Å². The summed E-state index contributed by atoms with van der Waals surface area (Å²) >= 11 is 0. The maximum atomic E-state index is 11.6. The summed E-state index contributed by atoms with van der Waals surface area (Å²) in [5.41, 5.74) is 5.40. The molecule has 1 aliphatic heterocycles. The van der Waals surface area contributed by atoms with E-state index in [0.717, 1.165) is 0 Å². The lowest BCUT2D eigenvalue weighted by Crippen LogP contribution is -2.36. The molecule has 8 nitrogen and oxygen atoms in total. The number of rotatable bonds is 0. The van der Waals surface area contributed by atoms with Crippen LogP contribution in [-0.4, -0.2) is 57.9 Å². The first-order chi connectivity index (χ1) is 8.94. The summed E-state index contributed by atoms with van der Waals surface area (Å²) < 4.78 is 5.25. The second-order valence-corrected chi connectivity index (χ2v) is 5.64. The molecule has 0 aromatic heterocycles. The number of ether oxygens (including phenoxy) is 1. The Morgan fingerprint density at radius 1 is 1.15 bits per heavy atom. The van der Waals surface area contributed by atoms with Crippen molar-refractivity contribution in [2.24, 2.45) is 11.7 Å². The van der Waals surface area contributed by atoms with Crippen molar-refractivity contribution < 1.29 is 29.3 Å². The van der Waals surface area contributed by atoms with Crippen LogP contribution in [0.15, 0.2) is 0 Å². The van der Waals surface area contributed by atoms with E-state index in [9.17, 15) is 4.79 Å². The van der Waals surface area contributed by atoms with E-state index in [2.05, 4.69) is 6.92 Å². The third-order valence-electron chi connectivity index (χ3n) is 2.51. The van der Waals surface area contributed by atoms with Crippen molar-refractivity contribution in [3.05, 3.63) is 0 Å². The first kappa shape index (κ1) is 18.2. The lowest BCUT2D eigenvalue weighted by Gasteiger charge is -2.24. The number of nitrogens with two attached hydrogens (primary N) is 1. The minimum absolute atomic E-state index is 0.0857. The molecule has 1 heterocycles. The molecule has 1 saturated heterocycles. The second-order valence-electron chi connectivity index (χ2n) is 5.64. The molecule has 1 aliphatic rings. The second kappa shape index (κ2) is 7.09. The summed E-state index contributed by atoms with van der Waals surface area (Å²) in [5.74, 6) is -3.28. The molecule has 0 unspecified atom stereocenters. The molecule has 0 bridgehead atoms. The topological polar surface area (TPSA) is 130 Å². The Morgan fingerprint density at radius 2 is 1.60 bits per heavy atom. The summed E-state index contributed by atoms with van der Waals surface area (Å²) in [6.45, 7) is 8.96. The molecule has 0 radical (unpaired) electrons. The molecule has 8 heteroatoms. The Labute approximate surface area is 117 Å². The van der Waals surface area contributed by atoms with Crippen molar-refractivity contribution in [3.8, 4) is 0 Å². The van der Waals surface area contributed by atoms with E-state index in [0.29, 0.717) is 19.0 Å². The Bertz CT molecular complexity index is 355. The van der Waals surface area contributed by atoms with Crippen LogP contribution < -0.4 is 5.73 Å². The van der Waals surface area contributed by atoms with E-state index in [1.807, 2.05) is 20.8 Å². The molecule has 0 aliphatic carbocycles. The van der Waals surface area contributed by atoms with Crippen LogP contribution in [-0.2, 0) is 14.3 Å². The number of hydrogen-bond acceptors (Lipinski definition) is 5. The number of carbonyl (C=O) groups excluding carboxylic acids is 1. The fourth-order valence-corrected chi connectivity index (χ4v) is 1.47. The van der Waals surface area contributed by atoms with Crippen LogP contribution in [0.4, 0.5) is 4.79 Å². The van der Waals surface area contributed by atoms with Crippen molar-refractivity contribution in [3.63, 3.8) is 0 Å². The van der Waals surface area contributed by atoms with Gasteiger partial charge >= 0.3 is 18.0 Å². The van der Waals surface area contributed by atoms with Gasteiger partial charge in [-0.2, -0.15) is 0 Å². The first-order valence-electron chi connectivity index (χ1n) is 6.13. The lowest BCUT2D eigenvalue weighted by atomic mass is 10.1. The van der Waals surface area contributed by atoms with Crippen molar-refractivity contribution in [2.75, 3.05) is 13.1 Å². The molecule has 20 heavy (non-hydrogen) atoms. The van der Waals surface area contributed by atoms with Gasteiger partial charge in [0, 0.05) is 19.1 Å². The smallest absolute Gasteiger partial charge is 0.414 e. The molecule has 0 saturated carbocycles. The number of aliphatic carboxylic acids is 2. The van der Waals surface area contributed by atoms with Gasteiger partial charge in [-0.3, -0.25) is 0 Å². The van der Waals surface area contributed by atoms with Crippen molar-refractivity contribution in [1.82, 2.24) is 4.90 Å². The summed E-state index contributed by atoms with van der Waals surface area (Å²) in [6.07, 6.45) is -0.252. The maximum absolute atomic E-state index is 11.6. The monoisotopic (exact) mass is 290 g/mol. The van der Waals surface area contributed by atoms with Gasteiger partial charge in [0.05, 0.1) is 0 Å². The molecule has 4 N–H and O–H groups in total. The Balaban J connectivity index is 0.000000511. The van der Waals surface area contributed by atoms with Crippen LogP contribution in [0.1, 0.15) is 27.7 Å². The van der Waals surface area contributed by atoms with Crippen LogP contribution in [0, 0.1) is 5.92 Å². The number of carboxylic acids is 2. The van der Waals surface area contributed by atoms with Gasteiger partial charge in [0.15, 0.2) is 0 Å². The molecule has 0 aromatic rings. The number of nitrogens with zero attached hydrogens (tertiary/aromatic N) is 1. The SMILES string of the molecule is C[C@@H]1CN(C(=O)OC(C)(C)C)C[C@@H]1N.O=C(O)C(=O)O. The van der Waals surface area contributed by atoms with E-state index in [1.54, 1.807) is 4.90 Å². The number of carboxylic acid groups (broad SMARTS) is 2. The van der Waals surface area contributed by atoms with E-state index in [-0.39, 0.29) is 12.1 Å². The quantitative estimate of drug-likeness (QED) is 0.549. The molecule has 0 aromatic carbocycles. The minimum atomic E-state index is -1.82. The normalized spacial score (nSPS) is 21.8.